The van der Waals surface area contributed by atoms with E-state index in [-0.39, 0.29) is 12.3 Å². The lowest BCUT2D eigenvalue weighted by atomic mass is 9.87. The molecule has 4 aromatic rings. The number of para-hydroxylation sites is 2. The van der Waals surface area contributed by atoms with E-state index in [9.17, 15) is 9.90 Å². The topological polar surface area (TPSA) is 69.2 Å². The van der Waals surface area contributed by atoms with Crippen LogP contribution in [0.25, 0.3) is 33.4 Å². The van der Waals surface area contributed by atoms with Gasteiger partial charge in [-0.15, -0.1) is 23.5 Å². The molecule has 4 aromatic carbocycles. The van der Waals surface area contributed by atoms with Crippen molar-refractivity contribution in [3.63, 3.8) is 0 Å². The Morgan fingerprint density at radius 3 is 2.54 bits per heavy atom. The van der Waals surface area contributed by atoms with Crippen LogP contribution in [-0.2, 0) is 4.79 Å². The van der Waals surface area contributed by atoms with E-state index in [0.29, 0.717) is 0 Å². The Hall–Kier alpha value is -4.86. The molecule has 0 spiro atoms. The molecule has 1 atom stereocenters. The first-order chi connectivity index (χ1) is 25.5. The van der Waals surface area contributed by atoms with Crippen LogP contribution >= 0.6 is 23.5 Å². The van der Waals surface area contributed by atoms with Crippen LogP contribution in [0.3, 0.4) is 0 Å². The molecule has 0 saturated heterocycles. The molecule has 9 heteroatoms. The Morgan fingerprint density at radius 1 is 0.923 bits per heavy atom. The van der Waals surface area contributed by atoms with Gasteiger partial charge >= 0.3 is 5.97 Å². The maximum absolute atomic E-state index is 11.7. The second-order valence-electron chi connectivity index (χ2n) is 13.5. The molecule has 4 aliphatic heterocycles. The van der Waals surface area contributed by atoms with Gasteiger partial charge in [-0.05, 0) is 55.2 Å². The number of hydrogen-bond acceptors (Lipinski definition) is 7. The smallest absolute Gasteiger partial charge is 0.303 e. The number of nitrogens with zero attached hydrogens (tertiary/aromatic N) is 3. The van der Waals surface area contributed by atoms with Crippen molar-refractivity contribution in [2.45, 2.75) is 35.5 Å². The first kappa shape index (κ1) is 33.0. The first-order valence-corrected chi connectivity index (χ1v) is 20.0. The number of thioether (sulfide) groups is 2. The van der Waals surface area contributed by atoms with E-state index in [1.807, 2.05) is 41.7 Å². The molecule has 1 unspecified atom stereocenters. The molecule has 1 N–H and O–H groups in total. The molecule has 0 amide bonds. The van der Waals surface area contributed by atoms with E-state index < -0.39 is 5.97 Å². The van der Waals surface area contributed by atoms with Crippen LogP contribution in [0.5, 0.6) is 5.75 Å². The molecule has 0 aromatic heterocycles. The number of methoxy groups -OCH3 is 1. The normalized spacial score (nSPS) is 17.2. The van der Waals surface area contributed by atoms with Crippen LogP contribution in [0, 0.1) is 0 Å². The van der Waals surface area contributed by atoms with Gasteiger partial charge in [0.1, 0.15) is 23.6 Å². The summed E-state index contributed by atoms with van der Waals surface area (Å²) >= 11 is 3.83. The minimum Gasteiger partial charge on any atom is -0.495 e. The van der Waals surface area contributed by atoms with Crippen molar-refractivity contribution in [2.24, 2.45) is 0 Å². The first-order valence-electron chi connectivity index (χ1n) is 18.0. The van der Waals surface area contributed by atoms with Crippen LogP contribution in [0.15, 0.2) is 111 Å². The number of fused-ring (bicyclic) bond motifs is 3. The van der Waals surface area contributed by atoms with Gasteiger partial charge in [-0.3, -0.25) is 4.79 Å². The number of ether oxygens (including phenoxy) is 1. The number of carboxylic acid groups (broad SMARTS) is 1. The summed E-state index contributed by atoms with van der Waals surface area (Å²) in [7, 11) is 1.80. The molecule has 0 saturated carbocycles. The fraction of sp³-hybridized carbons (Fsp3) is 0.256. The zero-order chi connectivity index (χ0) is 35.3. The highest BCUT2D eigenvalue weighted by molar-refractivity contribution is 8.00. The Morgan fingerprint density at radius 2 is 1.73 bits per heavy atom. The summed E-state index contributed by atoms with van der Waals surface area (Å²) in [6.45, 7) is 5.82. The summed E-state index contributed by atoms with van der Waals surface area (Å²) in [6.07, 6.45) is 0.894. The van der Waals surface area contributed by atoms with E-state index in [0.717, 1.165) is 111 Å². The Kier molecular flexibility index (Phi) is 8.63. The third kappa shape index (κ3) is 5.62. The maximum Gasteiger partial charge on any atom is 0.303 e. The number of benzene rings is 5. The third-order valence-corrected chi connectivity index (χ3v) is 12.7. The molecular weight excluding hydrogens is 687 g/mol. The van der Waals surface area contributed by atoms with Crippen molar-refractivity contribution >= 4 is 63.2 Å². The van der Waals surface area contributed by atoms with Crippen LogP contribution < -0.4 is 24.5 Å². The van der Waals surface area contributed by atoms with Crippen molar-refractivity contribution in [3.8, 4) is 28.2 Å². The molecular formula is C43H40N3O4S2+. The number of carbonyl (C=O) groups is 1. The summed E-state index contributed by atoms with van der Waals surface area (Å²) in [5.74, 6) is 3.06. The SMILES string of the molecule is CC[N+](c1ccccc1)=c1ccc2c(-c3cc4c5c(c3OC)SCCN5CCS4)c3ccc(N4CCC(CC(=O)O)c5ccccc54)cc3oc-2c1. The molecule has 262 valence electrons. The van der Waals surface area contributed by atoms with E-state index in [4.69, 9.17) is 9.15 Å². The standard InChI is InChI=1S/C43H39N3O4S2/c1-3-45(28-9-5-4-6-10-28)29-13-15-32-36(24-29)50-37-25-30(46-18-17-27(23-39(47)48)31-11-7-8-12-35(31)46)14-16-33(37)40(32)34-26-38-41-43(42(34)49-2)52-22-20-44(41)19-21-51-38/h4-16,24-27H,3,17-23H2,1-2H3/p+1. The molecule has 0 bridgehead atoms. The summed E-state index contributed by atoms with van der Waals surface area (Å²) < 4.78 is 15.6. The van der Waals surface area contributed by atoms with Crippen LogP contribution in [0.4, 0.5) is 22.7 Å². The van der Waals surface area contributed by atoms with Gasteiger partial charge in [0, 0.05) is 93.8 Å². The molecule has 9 rings (SSSR count). The summed E-state index contributed by atoms with van der Waals surface area (Å²) in [4.78, 5) is 19.1. The maximum atomic E-state index is 11.7. The summed E-state index contributed by atoms with van der Waals surface area (Å²) in [5.41, 5.74) is 9.63. The average Bonchev–Trinajstić information content (AvgIpc) is 3.17. The Balaban J connectivity index is 1.29. The largest absolute Gasteiger partial charge is 0.495 e. The highest BCUT2D eigenvalue weighted by atomic mass is 32.2. The van der Waals surface area contributed by atoms with Gasteiger partial charge in [0.25, 0.3) is 0 Å². The molecule has 0 radical (unpaired) electrons. The highest BCUT2D eigenvalue weighted by Gasteiger charge is 2.33. The molecule has 0 fully saturated rings. The molecule has 5 aliphatic rings. The van der Waals surface area contributed by atoms with Gasteiger partial charge in [0.2, 0.25) is 11.0 Å². The lowest BCUT2D eigenvalue weighted by molar-refractivity contribution is -0.137. The fourth-order valence-corrected chi connectivity index (χ4v) is 10.7. The number of anilines is 3. The fourth-order valence-electron chi connectivity index (χ4n) is 8.34. The number of rotatable bonds is 7. The third-order valence-electron chi connectivity index (χ3n) is 10.7. The van der Waals surface area contributed by atoms with Crippen molar-refractivity contribution in [1.82, 2.24) is 4.58 Å². The van der Waals surface area contributed by atoms with Gasteiger partial charge < -0.3 is 24.1 Å². The zero-order valence-corrected chi connectivity index (χ0v) is 30.9. The van der Waals surface area contributed by atoms with E-state index in [1.54, 1.807) is 7.11 Å². The minimum absolute atomic E-state index is 0.0145. The monoisotopic (exact) mass is 726 g/mol. The van der Waals surface area contributed by atoms with Gasteiger partial charge in [-0.25, -0.2) is 0 Å². The molecule has 1 aliphatic carbocycles. The Labute approximate surface area is 311 Å². The van der Waals surface area contributed by atoms with Crippen molar-refractivity contribution < 1.29 is 19.1 Å². The lowest BCUT2D eigenvalue weighted by Crippen LogP contribution is -2.34. The molecule has 4 heterocycles. The van der Waals surface area contributed by atoms with E-state index in [2.05, 4.69) is 100 Å². The van der Waals surface area contributed by atoms with Gasteiger partial charge in [0.15, 0.2) is 0 Å². The average molecular weight is 727 g/mol. The summed E-state index contributed by atoms with van der Waals surface area (Å²) in [5, 5.41) is 11.7. The highest BCUT2D eigenvalue weighted by Crippen LogP contribution is 2.55. The summed E-state index contributed by atoms with van der Waals surface area (Å²) in [6, 6.07) is 34.2. The van der Waals surface area contributed by atoms with Crippen molar-refractivity contribution in [2.75, 3.05) is 54.6 Å². The van der Waals surface area contributed by atoms with Crippen molar-refractivity contribution in [1.29, 1.82) is 0 Å². The van der Waals surface area contributed by atoms with Crippen LogP contribution in [0.2, 0.25) is 0 Å². The predicted molar refractivity (Wildman–Crippen MR) is 213 cm³/mol. The molecule has 7 nitrogen and oxygen atoms in total. The van der Waals surface area contributed by atoms with Gasteiger partial charge in [0.05, 0.1) is 30.2 Å². The second kappa shape index (κ2) is 13.6. The Bertz CT molecular complexity index is 2390. The second-order valence-corrected chi connectivity index (χ2v) is 15.8. The number of aliphatic carboxylic acids is 1. The number of hydrogen-bond donors (Lipinski definition) is 1. The predicted octanol–water partition coefficient (Wildman–Crippen LogP) is 9.45. The van der Waals surface area contributed by atoms with Gasteiger partial charge in [-0.1, -0.05) is 36.4 Å². The van der Waals surface area contributed by atoms with Crippen LogP contribution in [0.1, 0.15) is 31.2 Å². The number of carboxylic acids is 1. The minimum atomic E-state index is -0.762. The lowest BCUT2D eigenvalue weighted by Gasteiger charge is -2.37. The van der Waals surface area contributed by atoms with Crippen molar-refractivity contribution in [3.05, 3.63) is 108 Å². The van der Waals surface area contributed by atoms with Gasteiger partial charge in [-0.2, -0.15) is 4.58 Å². The zero-order valence-electron chi connectivity index (χ0n) is 29.3. The van der Waals surface area contributed by atoms with E-state index >= 15 is 0 Å². The molecule has 52 heavy (non-hydrogen) atoms. The van der Waals surface area contributed by atoms with E-state index in [1.165, 1.54) is 15.5 Å². The quantitative estimate of drug-likeness (QED) is 0.129. The van der Waals surface area contributed by atoms with Crippen LogP contribution in [-0.4, -0.2) is 55.9 Å².